The molecule has 0 aliphatic heterocycles. The molecule has 128 valence electrons. The summed E-state index contributed by atoms with van der Waals surface area (Å²) in [6.07, 6.45) is 2.41. The van der Waals surface area contributed by atoms with Crippen molar-refractivity contribution in [1.29, 1.82) is 5.26 Å². The number of carbonyl (C=O) groups excluding carboxylic acids is 1. The Morgan fingerprint density at radius 3 is 2.44 bits per heavy atom. The minimum absolute atomic E-state index is 0.0260. The van der Waals surface area contributed by atoms with Crippen LogP contribution in [-0.2, 0) is 11.2 Å². The smallest absolute Gasteiger partial charge is 0.267 e. The number of nitrogens with one attached hydrogen (secondary N) is 2. The minimum Gasteiger partial charge on any atom is -0.360 e. The van der Waals surface area contributed by atoms with Crippen LogP contribution in [0.2, 0.25) is 0 Å². The number of amides is 1. The largest absolute Gasteiger partial charge is 0.360 e. The number of rotatable bonds is 6. The fraction of sp³-hybridized carbons (Fsp3) is 0.238. The number of aryl methyl sites for hydroxylation is 1. The zero-order valence-electron chi connectivity index (χ0n) is 14.8. The first kappa shape index (κ1) is 18.3. The molecule has 0 aliphatic carbocycles. The summed E-state index contributed by atoms with van der Waals surface area (Å²) in [5.74, 6) is -0.144. The summed E-state index contributed by atoms with van der Waals surface area (Å²) in [6.45, 7) is 6.22. The van der Waals surface area contributed by atoms with Gasteiger partial charge in [0.15, 0.2) is 0 Å². The van der Waals surface area contributed by atoms with Crippen molar-refractivity contribution in [1.82, 2.24) is 0 Å². The van der Waals surface area contributed by atoms with Crippen LogP contribution in [0.25, 0.3) is 0 Å². The summed E-state index contributed by atoms with van der Waals surface area (Å²) < 4.78 is 0. The van der Waals surface area contributed by atoms with Gasteiger partial charge in [-0.05, 0) is 41.7 Å². The second-order valence-electron chi connectivity index (χ2n) is 6.06. The number of nitriles is 1. The SMILES string of the molecule is CCc1ccc(N/C=C(/C#N)C(=O)Nc2ccccc2C(C)C)cc1. The quantitative estimate of drug-likeness (QED) is 0.588. The summed E-state index contributed by atoms with van der Waals surface area (Å²) >= 11 is 0. The van der Waals surface area contributed by atoms with Gasteiger partial charge in [-0.15, -0.1) is 0 Å². The van der Waals surface area contributed by atoms with E-state index in [9.17, 15) is 10.1 Å². The zero-order chi connectivity index (χ0) is 18.2. The summed E-state index contributed by atoms with van der Waals surface area (Å²) in [5, 5.41) is 15.1. The summed E-state index contributed by atoms with van der Waals surface area (Å²) in [5.41, 5.74) is 3.86. The van der Waals surface area contributed by atoms with Crippen LogP contribution in [0.15, 0.2) is 60.3 Å². The molecule has 0 saturated carbocycles. The van der Waals surface area contributed by atoms with Gasteiger partial charge in [-0.1, -0.05) is 51.1 Å². The van der Waals surface area contributed by atoms with Crippen molar-refractivity contribution in [2.45, 2.75) is 33.1 Å². The van der Waals surface area contributed by atoms with Crippen LogP contribution in [0, 0.1) is 11.3 Å². The maximum Gasteiger partial charge on any atom is 0.267 e. The molecule has 0 spiro atoms. The van der Waals surface area contributed by atoms with E-state index in [2.05, 4.69) is 31.4 Å². The van der Waals surface area contributed by atoms with Crippen LogP contribution in [-0.4, -0.2) is 5.91 Å². The van der Waals surface area contributed by atoms with Gasteiger partial charge in [0, 0.05) is 17.6 Å². The molecule has 0 unspecified atom stereocenters. The van der Waals surface area contributed by atoms with Gasteiger partial charge >= 0.3 is 0 Å². The van der Waals surface area contributed by atoms with Crippen LogP contribution in [0.3, 0.4) is 0 Å². The van der Waals surface area contributed by atoms with Crippen LogP contribution >= 0.6 is 0 Å². The average Bonchev–Trinajstić information content (AvgIpc) is 2.63. The number of carbonyl (C=O) groups is 1. The predicted molar refractivity (Wildman–Crippen MR) is 102 cm³/mol. The Balaban J connectivity index is 2.11. The lowest BCUT2D eigenvalue weighted by Gasteiger charge is -2.13. The van der Waals surface area contributed by atoms with E-state index in [1.165, 1.54) is 11.8 Å². The lowest BCUT2D eigenvalue weighted by molar-refractivity contribution is -0.112. The molecule has 0 bridgehead atoms. The Kier molecular flexibility index (Phi) is 6.36. The van der Waals surface area contributed by atoms with Crippen molar-refractivity contribution in [3.8, 4) is 6.07 Å². The molecule has 2 aromatic rings. The molecule has 4 nitrogen and oxygen atoms in total. The lowest BCUT2D eigenvalue weighted by Crippen LogP contribution is -2.16. The van der Waals surface area contributed by atoms with Crippen molar-refractivity contribution < 1.29 is 4.79 Å². The standard InChI is InChI=1S/C21H23N3O/c1-4-16-9-11-18(12-10-16)23-14-17(13-22)21(25)24-20-8-6-5-7-19(20)15(2)3/h5-12,14-15,23H,4H2,1-3H3,(H,24,25)/b17-14-. The van der Waals surface area contributed by atoms with E-state index >= 15 is 0 Å². The molecule has 0 aliphatic rings. The second-order valence-corrected chi connectivity index (χ2v) is 6.06. The third kappa shape index (κ3) is 4.95. The van der Waals surface area contributed by atoms with Crippen molar-refractivity contribution in [3.63, 3.8) is 0 Å². The van der Waals surface area contributed by atoms with E-state index in [0.29, 0.717) is 0 Å². The summed E-state index contributed by atoms with van der Waals surface area (Å²) in [4.78, 5) is 12.4. The number of anilines is 2. The Hall–Kier alpha value is -3.06. The number of nitrogens with zero attached hydrogens (tertiary/aromatic N) is 1. The molecule has 0 heterocycles. The molecule has 2 aromatic carbocycles. The number of hydrogen-bond donors (Lipinski definition) is 2. The van der Waals surface area contributed by atoms with Crippen LogP contribution in [0.1, 0.15) is 37.8 Å². The van der Waals surface area contributed by atoms with Gasteiger partial charge in [0.1, 0.15) is 11.6 Å². The average molecular weight is 333 g/mol. The maximum absolute atomic E-state index is 12.4. The van der Waals surface area contributed by atoms with Crippen molar-refractivity contribution >= 4 is 17.3 Å². The third-order valence-corrected chi connectivity index (χ3v) is 3.94. The van der Waals surface area contributed by atoms with Gasteiger partial charge < -0.3 is 10.6 Å². The summed E-state index contributed by atoms with van der Waals surface area (Å²) in [6, 6.07) is 17.5. The molecular formula is C21H23N3O. The predicted octanol–water partition coefficient (Wildman–Crippen LogP) is 4.83. The summed E-state index contributed by atoms with van der Waals surface area (Å²) in [7, 11) is 0. The van der Waals surface area contributed by atoms with E-state index in [1.807, 2.05) is 54.6 Å². The highest BCUT2D eigenvalue weighted by Crippen LogP contribution is 2.24. The van der Waals surface area contributed by atoms with Crippen LogP contribution in [0.4, 0.5) is 11.4 Å². The Morgan fingerprint density at radius 1 is 1.16 bits per heavy atom. The molecule has 2 N–H and O–H groups in total. The topological polar surface area (TPSA) is 64.9 Å². The molecule has 1 amide bonds. The molecule has 0 fully saturated rings. The van der Waals surface area contributed by atoms with Gasteiger partial charge in [0.2, 0.25) is 0 Å². The molecule has 0 saturated heterocycles. The Labute approximate surface area is 149 Å². The van der Waals surface area contributed by atoms with E-state index in [1.54, 1.807) is 0 Å². The fourth-order valence-corrected chi connectivity index (χ4v) is 2.44. The molecule has 0 atom stereocenters. The van der Waals surface area contributed by atoms with Gasteiger partial charge in [-0.25, -0.2) is 0 Å². The van der Waals surface area contributed by atoms with Crippen molar-refractivity contribution in [2.75, 3.05) is 10.6 Å². The Morgan fingerprint density at radius 2 is 1.84 bits per heavy atom. The van der Waals surface area contributed by atoms with Gasteiger partial charge in [0.25, 0.3) is 5.91 Å². The first-order chi connectivity index (χ1) is 12.0. The maximum atomic E-state index is 12.4. The molecule has 2 rings (SSSR count). The highest BCUT2D eigenvalue weighted by molar-refractivity contribution is 6.07. The lowest BCUT2D eigenvalue weighted by atomic mass is 10.0. The van der Waals surface area contributed by atoms with Gasteiger partial charge in [-0.2, -0.15) is 5.26 Å². The molecule has 0 aromatic heterocycles. The monoisotopic (exact) mass is 333 g/mol. The number of benzene rings is 2. The van der Waals surface area contributed by atoms with E-state index < -0.39 is 5.91 Å². The zero-order valence-corrected chi connectivity index (χ0v) is 14.8. The highest BCUT2D eigenvalue weighted by atomic mass is 16.1. The number of para-hydroxylation sites is 1. The van der Waals surface area contributed by atoms with Crippen molar-refractivity contribution in [3.05, 3.63) is 71.4 Å². The first-order valence-electron chi connectivity index (χ1n) is 8.41. The fourth-order valence-electron chi connectivity index (χ4n) is 2.44. The second kappa shape index (κ2) is 8.70. The third-order valence-electron chi connectivity index (χ3n) is 3.94. The van der Waals surface area contributed by atoms with Gasteiger partial charge in [-0.3, -0.25) is 4.79 Å². The molecular weight excluding hydrogens is 310 g/mol. The normalized spacial score (nSPS) is 11.1. The molecule has 25 heavy (non-hydrogen) atoms. The Bertz CT molecular complexity index is 799. The minimum atomic E-state index is -0.423. The van der Waals surface area contributed by atoms with Crippen molar-refractivity contribution in [2.24, 2.45) is 0 Å². The van der Waals surface area contributed by atoms with Crippen LogP contribution in [0.5, 0.6) is 0 Å². The first-order valence-corrected chi connectivity index (χ1v) is 8.41. The van der Waals surface area contributed by atoms with E-state index in [0.717, 1.165) is 23.4 Å². The van der Waals surface area contributed by atoms with E-state index in [-0.39, 0.29) is 11.5 Å². The molecule has 0 radical (unpaired) electrons. The molecule has 4 heteroatoms. The van der Waals surface area contributed by atoms with Gasteiger partial charge in [0.05, 0.1) is 0 Å². The van der Waals surface area contributed by atoms with Crippen LogP contribution < -0.4 is 10.6 Å². The number of hydrogen-bond acceptors (Lipinski definition) is 3. The van der Waals surface area contributed by atoms with E-state index in [4.69, 9.17) is 0 Å². The highest BCUT2D eigenvalue weighted by Gasteiger charge is 2.12.